The van der Waals surface area contributed by atoms with Gasteiger partial charge in [-0.3, -0.25) is 4.79 Å². The lowest BCUT2D eigenvalue weighted by atomic mass is 9.99. The second-order valence-corrected chi connectivity index (χ2v) is 4.08. The Balaban J connectivity index is 2.26. The molecular formula is C10H10BrNO. The topological polar surface area (TPSA) is 29.1 Å². The molecule has 68 valence electrons. The highest BCUT2D eigenvalue weighted by Gasteiger charge is 2.23. The van der Waals surface area contributed by atoms with E-state index in [1.165, 1.54) is 5.56 Å². The van der Waals surface area contributed by atoms with Gasteiger partial charge in [0.15, 0.2) is 0 Å². The maximum absolute atomic E-state index is 11.0. The Morgan fingerprint density at radius 1 is 1.38 bits per heavy atom. The zero-order valence-corrected chi connectivity index (χ0v) is 8.67. The van der Waals surface area contributed by atoms with E-state index in [2.05, 4.69) is 27.3 Å². The summed E-state index contributed by atoms with van der Waals surface area (Å²) in [6.07, 6.45) is 0.614. The van der Waals surface area contributed by atoms with E-state index in [0.29, 0.717) is 12.3 Å². The highest BCUT2D eigenvalue weighted by molar-refractivity contribution is 9.10. The second-order valence-electron chi connectivity index (χ2n) is 3.23. The summed E-state index contributed by atoms with van der Waals surface area (Å²) in [6.45, 7) is 0.765. The average Bonchev–Trinajstić information content (AvgIpc) is 2.53. The van der Waals surface area contributed by atoms with Crippen LogP contribution in [0.4, 0.5) is 0 Å². The van der Waals surface area contributed by atoms with Gasteiger partial charge >= 0.3 is 0 Å². The van der Waals surface area contributed by atoms with Crippen LogP contribution in [0, 0.1) is 0 Å². The Kier molecular flexibility index (Phi) is 2.36. The molecule has 0 aliphatic carbocycles. The summed E-state index contributed by atoms with van der Waals surface area (Å²) in [7, 11) is 0. The average molecular weight is 240 g/mol. The van der Waals surface area contributed by atoms with Gasteiger partial charge in [-0.1, -0.05) is 34.1 Å². The van der Waals surface area contributed by atoms with Gasteiger partial charge in [0, 0.05) is 23.4 Å². The lowest BCUT2D eigenvalue weighted by molar-refractivity contribution is -0.119. The molecule has 1 N–H and O–H groups in total. The first-order valence-corrected chi connectivity index (χ1v) is 5.08. The molecule has 1 aromatic carbocycles. The monoisotopic (exact) mass is 239 g/mol. The fourth-order valence-electron chi connectivity index (χ4n) is 1.63. The third kappa shape index (κ3) is 1.75. The van der Waals surface area contributed by atoms with Gasteiger partial charge in [-0.05, 0) is 11.6 Å². The summed E-state index contributed by atoms with van der Waals surface area (Å²) in [5.41, 5.74) is 1.22. The van der Waals surface area contributed by atoms with Gasteiger partial charge in [0.25, 0.3) is 0 Å². The Bertz CT molecular complexity index is 337. The SMILES string of the molecule is O=C1C[C@H](c2ccccc2Br)CN1. The summed E-state index contributed by atoms with van der Waals surface area (Å²) >= 11 is 3.49. The van der Waals surface area contributed by atoms with E-state index in [4.69, 9.17) is 0 Å². The predicted molar refractivity (Wildman–Crippen MR) is 54.5 cm³/mol. The van der Waals surface area contributed by atoms with Crippen LogP contribution in [0.25, 0.3) is 0 Å². The van der Waals surface area contributed by atoms with Crippen LogP contribution < -0.4 is 5.32 Å². The number of carbonyl (C=O) groups excluding carboxylic acids is 1. The third-order valence-corrected chi connectivity index (χ3v) is 3.04. The number of halogens is 1. The Hall–Kier alpha value is -0.830. The van der Waals surface area contributed by atoms with Crippen LogP contribution >= 0.6 is 15.9 Å². The molecule has 3 heteroatoms. The first-order valence-electron chi connectivity index (χ1n) is 4.28. The molecule has 1 saturated heterocycles. The maximum Gasteiger partial charge on any atom is 0.220 e. The van der Waals surface area contributed by atoms with E-state index in [1.54, 1.807) is 0 Å². The molecule has 0 aromatic heterocycles. The predicted octanol–water partition coefficient (Wildman–Crippen LogP) is 2.05. The minimum atomic E-state index is 0.153. The molecule has 1 aromatic rings. The number of amides is 1. The first kappa shape index (κ1) is 8.75. The maximum atomic E-state index is 11.0. The van der Waals surface area contributed by atoms with E-state index in [-0.39, 0.29) is 5.91 Å². The Morgan fingerprint density at radius 3 is 2.77 bits per heavy atom. The first-order chi connectivity index (χ1) is 6.27. The minimum absolute atomic E-state index is 0.153. The van der Waals surface area contributed by atoms with Gasteiger partial charge < -0.3 is 5.32 Å². The van der Waals surface area contributed by atoms with Gasteiger partial charge in [0.2, 0.25) is 5.91 Å². The zero-order valence-electron chi connectivity index (χ0n) is 7.09. The van der Waals surface area contributed by atoms with Gasteiger partial charge in [0.1, 0.15) is 0 Å². The molecule has 1 aliphatic heterocycles. The molecule has 0 saturated carbocycles. The molecule has 0 unspecified atom stereocenters. The lowest BCUT2D eigenvalue weighted by Gasteiger charge is -2.09. The van der Waals surface area contributed by atoms with E-state index in [1.807, 2.05) is 18.2 Å². The van der Waals surface area contributed by atoms with Crippen molar-refractivity contribution in [3.05, 3.63) is 34.3 Å². The van der Waals surface area contributed by atoms with Crippen molar-refractivity contribution in [3.8, 4) is 0 Å². The van der Waals surface area contributed by atoms with Crippen molar-refractivity contribution >= 4 is 21.8 Å². The molecule has 1 amide bonds. The summed E-state index contributed by atoms with van der Waals surface area (Å²) < 4.78 is 1.09. The van der Waals surface area contributed by atoms with E-state index >= 15 is 0 Å². The molecular weight excluding hydrogens is 230 g/mol. The fourth-order valence-corrected chi connectivity index (χ4v) is 2.24. The summed E-state index contributed by atoms with van der Waals surface area (Å²) in [4.78, 5) is 11.0. The summed E-state index contributed by atoms with van der Waals surface area (Å²) in [6, 6.07) is 8.06. The van der Waals surface area contributed by atoms with Gasteiger partial charge in [-0.25, -0.2) is 0 Å². The van der Waals surface area contributed by atoms with Crippen molar-refractivity contribution in [2.45, 2.75) is 12.3 Å². The van der Waals surface area contributed by atoms with Crippen molar-refractivity contribution < 1.29 is 4.79 Å². The number of hydrogen-bond acceptors (Lipinski definition) is 1. The van der Waals surface area contributed by atoms with Crippen molar-refractivity contribution in [1.29, 1.82) is 0 Å². The van der Waals surface area contributed by atoms with Crippen LogP contribution in [0.2, 0.25) is 0 Å². The van der Waals surface area contributed by atoms with Crippen LogP contribution in [0.15, 0.2) is 28.7 Å². The van der Waals surface area contributed by atoms with E-state index in [0.717, 1.165) is 11.0 Å². The van der Waals surface area contributed by atoms with Crippen LogP contribution in [-0.2, 0) is 4.79 Å². The fraction of sp³-hybridized carbons (Fsp3) is 0.300. The smallest absolute Gasteiger partial charge is 0.220 e. The zero-order chi connectivity index (χ0) is 9.26. The minimum Gasteiger partial charge on any atom is -0.355 e. The summed E-state index contributed by atoms with van der Waals surface area (Å²) in [5.74, 6) is 0.490. The number of nitrogens with one attached hydrogen (secondary N) is 1. The third-order valence-electron chi connectivity index (χ3n) is 2.32. The summed E-state index contributed by atoms with van der Waals surface area (Å²) in [5, 5.41) is 2.84. The Morgan fingerprint density at radius 2 is 2.15 bits per heavy atom. The van der Waals surface area contributed by atoms with Crippen molar-refractivity contribution in [2.75, 3.05) is 6.54 Å². The van der Waals surface area contributed by atoms with Crippen molar-refractivity contribution in [3.63, 3.8) is 0 Å². The standard InChI is InChI=1S/C10H10BrNO/c11-9-4-2-1-3-8(9)7-5-10(13)12-6-7/h1-4,7H,5-6H2,(H,12,13)/t7-/m0/s1. The molecule has 0 bridgehead atoms. The van der Waals surface area contributed by atoms with Crippen molar-refractivity contribution in [2.24, 2.45) is 0 Å². The molecule has 1 fully saturated rings. The highest BCUT2D eigenvalue weighted by atomic mass is 79.9. The van der Waals surface area contributed by atoms with E-state index < -0.39 is 0 Å². The van der Waals surface area contributed by atoms with Crippen molar-refractivity contribution in [1.82, 2.24) is 5.32 Å². The molecule has 0 radical (unpaired) electrons. The van der Waals surface area contributed by atoms with E-state index in [9.17, 15) is 4.79 Å². The number of rotatable bonds is 1. The van der Waals surface area contributed by atoms with Gasteiger partial charge in [-0.2, -0.15) is 0 Å². The van der Waals surface area contributed by atoms with Crippen LogP contribution in [0.1, 0.15) is 17.9 Å². The van der Waals surface area contributed by atoms with Crippen LogP contribution in [0.3, 0.4) is 0 Å². The lowest BCUT2D eigenvalue weighted by Crippen LogP contribution is -2.13. The van der Waals surface area contributed by atoms with Crippen LogP contribution in [-0.4, -0.2) is 12.5 Å². The molecule has 1 atom stereocenters. The molecule has 13 heavy (non-hydrogen) atoms. The molecule has 2 rings (SSSR count). The normalized spacial score (nSPS) is 21.6. The second kappa shape index (κ2) is 3.50. The van der Waals surface area contributed by atoms with Crippen LogP contribution in [0.5, 0.6) is 0 Å². The molecule has 2 nitrogen and oxygen atoms in total. The van der Waals surface area contributed by atoms with Gasteiger partial charge in [-0.15, -0.1) is 0 Å². The molecule has 1 aliphatic rings. The molecule has 0 spiro atoms. The number of carbonyl (C=O) groups is 1. The highest BCUT2D eigenvalue weighted by Crippen LogP contribution is 2.28. The Labute approximate surface area is 85.5 Å². The largest absolute Gasteiger partial charge is 0.355 e. The van der Waals surface area contributed by atoms with Gasteiger partial charge in [0.05, 0.1) is 0 Å². The number of benzene rings is 1. The molecule has 1 heterocycles. The number of hydrogen-bond donors (Lipinski definition) is 1. The quantitative estimate of drug-likeness (QED) is 0.799.